The van der Waals surface area contributed by atoms with Crippen LogP contribution in [0, 0.1) is 29.4 Å². The Balaban J connectivity index is 1.69. The Morgan fingerprint density at radius 2 is 1.82 bits per heavy atom. The Bertz CT molecular complexity index is 751. The molecule has 5 nitrogen and oxygen atoms in total. The Hall–Kier alpha value is -1.08. The molecule has 6 rings (SSSR count). The van der Waals surface area contributed by atoms with Crippen molar-refractivity contribution in [2.24, 2.45) is 17.8 Å². The molecule has 0 aliphatic heterocycles. The molecular formula is C15H19N5S2. The molecule has 0 unspecified atom stereocenters. The first kappa shape index (κ1) is 13.4. The Morgan fingerprint density at radius 3 is 2.36 bits per heavy atom. The van der Waals surface area contributed by atoms with Crippen molar-refractivity contribution in [2.75, 3.05) is 0 Å². The minimum Gasteiger partial charge on any atom is -0.293 e. The monoisotopic (exact) mass is 333 g/mol. The van der Waals surface area contributed by atoms with Gasteiger partial charge in [0, 0.05) is 5.54 Å². The lowest BCUT2D eigenvalue weighted by atomic mass is 9.53. The number of H-pyrrole nitrogens is 1. The van der Waals surface area contributed by atoms with Gasteiger partial charge in [-0.15, -0.1) is 5.10 Å². The Morgan fingerprint density at radius 1 is 1.18 bits per heavy atom. The van der Waals surface area contributed by atoms with Crippen molar-refractivity contribution in [3.8, 4) is 10.7 Å². The van der Waals surface area contributed by atoms with E-state index in [1.807, 2.05) is 6.92 Å². The molecule has 0 saturated heterocycles. The zero-order chi connectivity index (χ0) is 14.9. The molecule has 0 spiro atoms. The SMILES string of the molecule is Cc1nnsc1-c1n[nH]c(=S)n1C12CC3CC(CC(C3)C1)C2. The zero-order valence-electron chi connectivity index (χ0n) is 12.6. The highest BCUT2D eigenvalue weighted by atomic mass is 32.1. The van der Waals surface area contributed by atoms with Crippen molar-refractivity contribution in [2.45, 2.75) is 51.0 Å². The van der Waals surface area contributed by atoms with Crippen LogP contribution in [-0.2, 0) is 5.54 Å². The summed E-state index contributed by atoms with van der Waals surface area (Å²) in [5.74, 6) is 3.61. The lowest BCUT2D eigenvalue weighted by Gasteiger charge is -2.57. The van der Waals surface area contributed by atoms with Gasteiger partial charge in [-0.05, 0) is 87.0 Å². The molecule has 2 aromatic heterocycles. The minimum atomic E-state index is 0.185. The molecule has 4 saturated carbocycles. The molecule has 7 heteroatoms. The summed E-state index contributed by atoms with van der Waals surface area (Å²) in [6.07, 6.45) is 8.10. The fraction of sp³-hybridized carbons (Fsp3) is 0.733. The first-order valence-corrected chi connectivity index (χ1v) is 9.30. The van der Waals surface area contributed by atoms with Gasteiger partial charge in [0.2, 0.25) is 0 Å². The average Bonchev–Trinajstić information content (AvgIpc) is 3.03. The van der Waals surface area contributed by atoms with Crippen molar-refractivity contribution < 1.29 is 0 Å². The second-order valence-corrected chi connectivity index (χ2v) is 8.66. The first-order chi connectivity index (χ1) is 10.6. The van der Waals surface area contributed by atoms with Gasteiger partial charge in [0.1, 0.15) is 4.88 Å². The second-order valence-electron chi connectivity index (χ2n) is 7.52. The van der Waals surface area contributed by atoms with Gasteiger partial charge in [0.25, 0.3) is 0 Å². The molecular weight excluding hydrogens is 314 g/mol. The van der Waals surface area contributed by atoms with Crippen LogP contribution in [0.5, 0.6) is 0 Å². The third-order valence-corrected chi connectivity index (χ3v) is 7.10. The van der Waals surface area contributed by atoms with Crippen molar-refractivity contribution in [3.05, 3.63) is 10.5 Å². The normalized spacial score (nSPS) is 36.1. The van der Waals surface area contributed by atoms with Crippen LogP contribution in [0.2, 0.25) is 0 Å². The van der Waals surface area contributed by atoms with Gasteiger partial charge >= 0.3 is 0 Å². The van der Waals surface area contributed by atoms with Crippen LogP contribution in [0.15, 0.2) is 0 Å². The van der Waals surface area contributed by atoms with Crippen molar-refractivity contribution >= 4 is 23.8 Å². The van der Waals surface area contributed by atoms with Gasteiger partial charge in [-0.25, -0.2) is 0 Å². The lowest BCUT2D eigenvalue weighted by Crippen LogP contribution is -2.52. The van der Waals surface area contributed by atoms with Gasteiger partial charge in [-0.3, -0.25) is 9.67 Å². The maximum Gasteiger partial charge on any atom is 0.195 e. The van der Waals surface area contributed by atoms with Crippen LogP contribution in [-0.4, -0.2) is 24.4 Å². The summed E-state index contributed by atoms with van der Waals surface area (Å²) in [4.78, 5) is 1.06. The molecule has 4 aliphatic carbocycles. The number of nitrogens with one attached hydrogen (secondary N) is 1. The van der Waals surface area contributed by atoms with Crippen LogP contribution in [0.1, 0.15) is 44.2 Å². The summed E-state index contributed by atoms with van der Waals surface area (Å²) >= 11 is 7.06. The molecule has 0 atom stereocenters. The number of aromatic nitrogens is 5. The van der Waals surface area contributed by atoms with Crippen LogP contribution in [0.25, 0.3) is 10.7 Å². The van der Waals surface area contributed by atoms with Crippen LogP contribution < -0.4 is 0 Å². The first-order valence-electron chi connectivity index (χ1n) is 8.12. The number of aromatic amines is 1. The van der Waals surface area contributed by atoms with E-state index >= 15 is 0 Å². The fourth-order valence-corrected chi connectivity index (χ4v) is 6.63. The number of hydrogen-bond donors (Lipinski definition) is 1. The van der Waals surface area contributed by atoms with E-state index in [2.05, 4.69) is 24.4 Å². The Labute approximate surface area is 138 Å². The van der Waals surface area contributed by atoms with Crippen molar-refractivity contribution in [1.29, 1.82) is 0 Å². The molecule has 1 N–H and O–H groups in total. The van der Waals surface area contributed by atoms with Gasteiger partial charge < -0.3 is 0 Å². The molecule has 4 bridgehead atoms. The van der Waals surface area contributed by atoms with E-state index in [4.69, 9.17) is 12.2 Å². The van der Waals surface area contributed by atoms with Crippen LogP contribution in [0.4, 0.5) is 0 Å². The summed E-state index contributed by atoms with van der Waals surface area (Å²) in [7, 11) is 0. The molecule has 0 amide bonds. The molecule has 0 radical (unpaired) electrons. The summed E-state index contributed by atoms with van der Waals surface area (Å²) in [6, 6.07) is 0. The fourth-order valence-electron chi connectivity index (χ4n) is 5.66. The van der Waals surface area contributed by atoms with Gasteiger partial charge in [0.15, 0.2) is 10.6 Å². The number of aryl methyl sites for hydroxylation is 1. The average molecular weight is 333 g/mol. The topological polar surface area (TPSA) is 59.4 Å². The summed E-state index contributed by atoms with van der Waals surface area (Å²) in [5, 5.41) is 11.8. The second kappa shape index (κ2) is 4.47. The van der Waals surface area contributed by atoms with E-state index in [1.54, 1.807) is 0 Å². The van der Waals surface area contributed by atoms with E-state index in [0.717, 1.165) is 38.9 Å². The molecule has 4 fully saturated rings. The van der Waals surface area contributed by atoms with Crippen LogP contribution in [0.3, 0.4) is 0 Å². The molecule has 2 heterocycles. The minimum absolute atomic E-state index is 0.185. The van der Waals surface area contributed by atoms with Gasteiger partial charge in [0.05, 0.1) is 5.69 Å². The third kappa shape index (κ3) is 1.75. The van der Waals surface area contributed by atoms with Crippen LogP contribution >= 0.6 is 23.8 Å². The van der Waals surface area contributed by atoms with Gasteiger partial charge in [-0.2, -0.15) is 5.10 Å². The summed E-state index contributed by atoms with van der Waals surface area (Å²) in [5.41, 5.74) is 1.13. The van der Waals surface area contributed by atoms with E-state index in [1.165, 1.54) is 50.1 Å². The molecule has 0 aromatic carbocycles. The highest BCUT2D eigenvalue weighted by Gasteiger charge is 2.53. The highest BCUT2D eigenvalue weighted by Crippen LogP contribution is 2.59. The molecule has 4 aliphatic rings. The van der Waals surface area contributed by atoms with E-state index < -0.39 is 0 Å². The quantitative estimate of drug-likeness (QED) is 0.852. The summed E-state index contributed by atoms with van der Waals surface area (Å²) in [6.45, 7) is 2.00. The predicted molar refractivity (Wildman–Crippen MR) is 87.2 cm³/mol. The lowest BCUT2D eigenvalue weighted by molar-refractivity contribution is -0.0430. The van der Waals surface area contributed by atoms with E-state index in [-0.39, 0.29) is 5.54 Å². The Kier molecular flexibility index (Phi) is 2.72. The standard InChI is InChI=1S/C15H19N5S2/c1-8-12(22-19-16-8)13-17-18-14(21)20(13)15-5-9-2-10(6-15)4-11(3-9)7-15/h9-11H,2-7H2,1H3,(H,18,21). The maximum atomic E-state index is 5.63. The van der Waals surface area contributed by atoms with Gasteiger partial charge in [-0.1, -0.05) is 4.49 Å². The zero-order valence-corrected chi connectivity index (χ0v) is 14.2. The number of rotatable bonds is 2. The van der Waals surface area contributed by atoms with E-state index in [9.17, 15) is 0 Å². The third-order valence-electron chi connectivity index (χ3n) is 6.01. The van der Waals surface area contributed by atoms with E-state index in [0.29, 0.717) is 0 Å². The smallest absolute Gasteiger partial charge is 0.195 e. The summed E-state index contributed by atoms with van der Waals surface area (Å²) < 4.78 is 7.20. The molecule has 2 aromatic rings. The highest BCUT2D eigenvalue weighted by molar-refractivity contribution is 7.71. The molecule has 116 valence electrons. The number of hydrogen-bond acceptors (Lipinski definition) is 5. The number of nitrogens with zero attached hydrogens (tertiary/aromatic N) is 4. The largest absolute Gasteiger partial charge is 0.293 e. The van der Waals surface area contributed by atoms with Crippen molar-refractivity contribution in [3.63, 3.8) is 0 Å². The molecule has 22 heavy (non-hydrogen) atoms. The maximum absolute atomic E-state index is 5.63. The van der Waals surface area contributed by atoms with Crippen molar-refractivity contribution in [1.82, 2.24) is 24.4 Å². The predicted octanol–water partition coefficient (Wildman–Crippen LogP) is 3.69.